The Balaban J connectivity index is 2.36. The van der Waals surface area contributed by atoms with Crippen molar-refractivity contribution in [3.8, 4) is 0 Å². The molecule has 5 heteroatoms. The zero-order chi connectivity index (χ0) is 14.7. The molecule has 0 saturated heterocycles. The Kier molecular flexibility index (Phi) is 4.42. The summed E-state index contributed by atoms with van der Waals surface area (Å²) >= 11 is 0. The van der Waals surface area contributed by atoms with Gasteiger partial charge in [0.15, 0.2) is 0 Å². The van der Waals surface area contributed by atoms with Crippen LogP contribution in [0.25, 0.3) is 0 Å². The average Bonchev–Trinajstić information content (AvgIpc) is 2.41. The standard InChI is InChI=1S/C15H15F3N2/c1-9-5-6-11(16)7-10(9)8-14(20-19)15-12(17)3-2-4-13(15)18/h2-7,14,20H,8,19H2,1H3. The van der Waals surface area contributed by atoms with Crippen LogP contribution in [0.15, 0.2) is 36.4 Å². The molecule has 2 rings (SSSR count). The Morgan fingerprint density at radius 3 is 2.35 bits per heavy atom. The van der Waals surface area contributed by atoms with Crippen molar-refractivity contribution in [2.24, 2.45) is 5.84 Å². The number of hydrogen-bond acceptors (Lipinski definition) is 2. The molecule has 2 nitrogen and oxygen atoms in total. The van der Waals surface area contributed by atoms with Crippen LogP contribution in [-0.4, -0.2) is 0 Å². The molecule has 0 spiro atoms. The third-order valence-electron chi connectivity index (χ3n) is 3.28. The van der Waals surface area contributed by atoms with Crippen LogP contribution < -0.4 is 11.3 Å². The zero-order valence-electron chi connectivity index (χ0n) is 11.0. The molecule has 0 aromatic heterocycles. The summed E-state index contributed by atoms with van der Waals surface area (Å²) in [7, 11) is 0. The van der Waals surface area contributed by atoms with Crippen LogP contribution in [0, 0.1) is 24.4 Å². The molecule has 0 radical (unpaired) electrons. The predicted octanol–water partition coefficient (Wildman–Crippen LogP) is 3.16. The van der Waals surface area contributed by atoms with Crippen LogP contribution in [0.3, 0.4) is 0 Å². The monoisotopic (exact) mass is 280 g/mol. The van der Waals surface area contributed by atoms with Gasteiger partial charge in [0.05, 0.1) is 6.04 Å². The van der Waals surface area contributed by atoms with Crippen LogP contribution in [0.1, 0.15) is 22.7 Å². The average molecular weight is 280 g/mol. The molecule has 0 fully saturated rings. The minimum Gasteiger partial charge on any atom is -0.271 e. The maximum absolute atomic E-state index is 13.8. The molecular formula is C15H15F3N2. The summed E-state index contributed by atoms with van der Waals surface area (Å²) in [6.07, 6.45) is 0.192. The topological polar surface area (TPSA) is 38.0 Å². The number of halogens is 3. The van der Waals surface area contributed by atoms with Gasteiger partial charge in [-0.1, -0.05) is 12.1 Å². The lowest BCUT2D eigenvalue weighted by Gasteiger charge is -2.19. The number of benzene rings is 2. The highest BCUT2D eigenvalue weighted by Gasteiger charge is 2.20. The molecule has 0 bridgehead atoms. The molecule has 0 saturated carbocycles. The van der Waals surface area contributed by atoms with E-state index in [9.17, 15) is 13.2 Å². The van der Waals surface area contributed by atoms with Gasteiger partial charge in [-0.2, -0.15) is 0 Å². The van der Waals surface area contributed by atoms with Crippen molar-refractivity contribution >= 4 is 0 Å². The second kappa shape index (κ2) is 6.07. The Hall–Kier alpha value is -1.85. The van der Waals surface area contributed by atoms with Crippen LogP contribution in [-0.2, 0) is 6.42 Å². The third kappa shape index (κ3) is 3.00. The smallest absolute Gasteiger partial charge is 0.130 e. The third-order valence-corrected chi connectivity index (χ3v) is 3.28. The first kappa shape index (κ1) is 14.6. The van der Waals surface area contributed by atoms with Crippen molar-refractivity contribution in [3.63, 3.8) is 0 Å². The van der Waals surface area contributed by atoms with E-state index in [1.54, 1.807) is 13.0 Å². The molecule has 0 aliphatic rings. The van der Waals surface area contributed by atoms with Gasteiger partial charge in [0.2, 0.25) is 0 Å². The molecule has 3 N–H and O–H groups in total. The van der Waals surface area contributed by atoms with Crippen LogP contribution >= 0.6 is 0 Å². The molecule has 0 amide bonds. The predicted molar refractivity (Wildman–Crippen MR) is 71.3 cm³/mol. The number of hydrazine groups is 1. The summed E-state index contributed by atoms with van der Waals surface area (Å²) in [6, 6.07) is 7.16. The van der Waals surface area contributed by atoms with Gasteiger partial charge >= 0.3 is 0 Å². The second-order valence-electron chi connectivity index (χ2n) is 4.63. The molecular weight excluding hydrogens is 265 g/mol. The second-order valence-corrected chi connectivity index (χ2v) is 4.63. The fourth-order valence-corrected chi connectivity index (χ4v) is 2.17. The first-order chi connectivity index (χ1) is 9.52. The van der Waals surface area contributed by atoms with Crippen LogP contribution in [0.2, 0.25) is 0 Å². The Morgan fingerprint density at radius 1 is 1.10 bits per heavy atom. The SMILES string of the molecule is Cc1ccc(F)cc1CC(NN)c1c(F)cccc1F. The maximum Gasteiger partial charge on any atom is 0.130 e. The van der Waals surface area contributed by atoms with E-state index in [2.05, 4.69) is 5.43 Å². The molecule has 2 aromatic rings. The van der Waals surface area contributed by atoms with Gasteiger partial charge in [0.25, 0.3) is 0 Å². The Morgan fingerprint density at radius 2 is 1.75 bits per heavy atom. The summed E-state index contributed by atoms with van der Waals surface area (Å²) < 4.78 is 40.8. The largest absolute Gasteiger partial charge is 0.271 e. The van der Waals surface area contributed by atoms with E-state index < -0.39 is 23.5 Å². The summed E-state index contributed by atoms with van der Waals surface area (Å²) in [5, 5.41) is 0. The molecule has 0 aliphatic carbocycles. The first-order valence-electron chi connectivity index (χ1n) is 6.18. The van der Waals surface area contributed by atoms with Crippen molar-refractivity contribution in [2.75, 3.05) is 0 Å². The molecule has 20 heavy (non-hydrogen) atoms. The quantitative estimate of drug-likeness (QED) is 0.667. The van der Waals surface area contributed by atoms with E-state index >= 15 is 0 Å². The first-order valence-corrected chi connectivity index (χ1v) is 6.18. The number of nitrogens with two attached hydrogens (primary N) is 1. The van der Waals surface area contributed by atoms with Gasteiger partial charge in [-0.3, -0.25) is 11.3 Å². The summed E-state index contributed by atoms with van der Waals surface area (Å²) in [6.45, 7) is 1.81. The maximum atomic E-state index is 13.8. The van der Waals surface area contributed by atoms with Gasteiger partial charge in [0, 0.05) is 5.56 Å². The minimum absolute atomic E-state index is 0.140. The van der Waals surface area contributed by atoms with Crippen molar-refractivity contribution < 1.29 is 13.2 Å². The van der Waals surface area contributed by atoms with E-state index in [0.717, 1.165) is 5.56 Å². The van der Waals surface area contributed by atoms with E-state index in [4.69, 9.17) is 5.84 Å². The molecule has 0 heterocycles. The highest BCUT2D eigenvalue weighted by atomic mass is 19.1. The number of aryl methyl sites for hydroxylation is 1. The fourth-order valence-electron chi connectivity index (χ4n) is 2.17. The van der Waals surface area contributed by atoms with Gasteiger partial charge < -0.3 is 0 Å². The normalized spacial score (nSPS) is 12.4. The van der Waals surface area contributed by atoms with Crippen molar-refractivity contribution in [3.05, 3.63) is 70.5 Å². The molecule has 1 unspecified atom stereocenters. The van der Waals surface area contributed by atoms with E-state index in [1.165, 1.54) is 30.3 Å². The zero-order valence-corrected chi connectivity index (χ0v) is 11.0. The highest BCUT2D eigenvalue weighted by Crippen LogP contribution is 2.25. The molecule has 0 aliphatic heterocycles. The van der Waals surface area contributed by atoms with Gasteiger partial charge in [-0.25, -0.2) is 13.2 Å². The molecule has 106 valence electrons. The summed E-state index contributed by atoms with van der Waals surface area (Å²) in [4.78, 5) is 0. The van der Waals surface area contributed by atoms with Crippen LogP contribution in [0.5, 0.6) is 0 Å². The number of nitrogens with one attached hydrogen (secondary N) is 1. The van der Waals surface area contributed by atoms with Crippen molar-refractivity contribution in [1.29, 1.82) is 0 Å². The lowest BCUT2D eigenvalue weighted by molar-refractivity contribution is 0.471. The van der Waals surface area contributed by atoms with E-state index in [0.29, 0.717) is 5.56 Å². The number of hydrogen-bond donors (Lipinski definition) is 2. The summed E-state index contributed by atoms with van der Waals surface area (Å²) in [5.74, 6) is 3.65. The van der Waals surface area contributed by atoms with E-state index in [-0.39, 0.29) is 12.0 Å². The van der Waals surface area contributed by atoms with Gasteiger partial charge in [-0.15, -0.1) is 0 Å². The molecule has 2 aromatic carbocycles. The van der Waals surface area contributed by atoms with Crippen molar-refractivity contribution in [2.45, 2.75) is 19.4 Å². The minimum atomic E-state index is -0.767. The van der Waals surface area contributed by atoms with Gasteiger partial charge in [-0.05, 0) is 48.7 Å². The fraction of sp³-hybridized carbons (Fsp3) is 0.200. The summed E-state index contributed by atoms with van der Waals surface area (Å²) in [5.41, 5.74) is 3.74. The number of rotatable bonds is 4. The lowest BCUT2D eigenvalue weighted by atomic mass is 9.95. The highest BCUT2D eigenvalue weighted by molar-refractivity contribution is 5.31. The Bertz CT molecular complexity index is 594. The van der Waals surface area contributed by atoms with Crippen LogP contribution in [0.4, 0.5) is 13.2 Å². The Labute approximate surface area is 115 Å². The van der Waals surface area contributed by atoms with Crippen molar-refractivity contribution in [1.82, 2.24) is 5.43 Å². The molecule has 1 atom stereocenters. The van der Waals surface area contributed by atoms with Gasteiger partial charge in [0.1, 0.15) is 17.5 Å². The van der Waals surface area contributed by atoms with E-state index in [1.807, 2.05) is 0 Å². The lowest BCUT2D eigenvalue weighted by Crippen LogP contribution is -2.31.